The molecule has 2 fully saturated rings. The monoisotopic (exact) mass is 425 g/mol. The van der Waals surface area contributed by atoms with Gasteiger partial charge in [0.25, 0.3) is 5.91 Å². The zero-order chi connectivity index (χ0) is 20.8. The number of nitrogens with one attached hydrogen (secondary N) is 2. The Hall–Kier alpha value is -2.57. The number of halogens is 1. The highest BCUT2D eigenvalue weighted by molar-refractivity contribution is 6.31. The number of hydrogen-bond acceptors (Lipinski definition) is 4. The van der Waals surface area contributed by atoms with Crippen LogP contribution in [0.25, 0.3) is 0 Å². The topological polar surface area (TPSA) is 70.7 Å². The van der Waals surface area contributed by atoms with Crippen molar-refractivity contribution in [2.24, 2.45) is 0 Å². The normalized spacial score (nSPS) is 24.4. The van der Waals surface area contributed by atoms with Crippen molar-refractivity contribution in [3.8, 4) is 0 Å². The Morgan fingerprint density at radius 3 is 2.60 bits per heavy atom. The summed E-state index contributed by atoms with van der Waals surface area (Å²) in [4.78, 5) is 27.2. The number of anilines is 1. The summed E-state index contributed by atoms with van der Waals surface area (Å²) in [5, 5.41) is 7.24. The number of rotatable bonds is 2. The summed E-state index contributed by atoms with van der Waals surface area (Å²) in [6.45, 7) is 1.70. The molecule has 7 heteroatoms. The van der Waals surface area contributed by atoms with Crippen LogP contribution in [0.3, 0.4) is 0 Å². The van der Waals surface area contributed by atoms with Crippen LogP contribution in [-0.2, 0) is 16.0 Å². The Labute approximate surface area is 180 Å². The molecule has 3 aliphatic heterocycles. The maximum Gasteiger partial charge on any atom is 0.255 e. The summed E-state index contributed by atoms with van der Waals surface area (Å²) in [6.07, 6.45) is 2.50. The van der Waals surface area contributed by atoms with E-state index in [0.717, 1.165) is 24.1 Å². The number of carbonyl (C=O) groups excluding carboxylic acids is 2. The molecule has 1 atom stereocenters. The maximum absolute atomic E-state index is 12.8. The highest BCUT2D eigenvalue weighted by Gasteiger charge is 2.53. The van der Waals surface area contributed by atoms with Crippen molar-refractivity contribution in [2.75, 3.05) is 25.0 Å². The SMILES string of the molecule is O=C1NC2(COC3(CCN(C(=O)Cc4ccccc4Cl)CC3)C2)Nc2ccccc21. The van der Waals surface area contributed by atoms with Gasteiger partial charge in [-0.2, -0.15) is 0 Å². The zero-order valence-electron chi connectivity index (χ0n) is 16.6. The van der Waals surface area contributed by atoms with Gasteiger partial charge >= 0.3 is 0 Å². The minimum absolute atomic E-state index is 0.0719. The molecule has 2 aromatic rings. The van der Waals surface area contributed by atoms with Crippen LogP contribution in [0.4, 0.5) is 5.69 Å². The highest BCUT2D eigenvalue weighted by Crippen LogP contribution is 2.42. The van der Waals surface area contributed by atoms with E-state index in [1.165, 1.54) is 0 Å². The predicted molar refractivity (Wildman–Crippen MR) is 115 cm³/mol. The largest absolute Gasteiger partial charge is 0.370 e. The van der Waals surface area contributed by atoms with Crippen molar-refractivity contribution in [1.29, 1.82) is 0 Å². The summed E-state index contributed by atoms with van der Waals surface area (Å²) >= 11 is 6.20. The van der Waals surface area contributed by atoms with E-state index in [-0.39, 0.29) is 17.4 Å². The fourth-order valence-electron chi connectivity index (χ4n) is 4.85. The molecule has 5 rings (SSSR count). The molecule has 3 aliphatic rings. The van der Waals surface area contributed by atoms with E-state index in [9.17, 15) is 9.59 Å². The van der Waals surface area contributed by atoms with Gasteiger partial charge in [-0.3, -0.25) is 9.59 Å². The van der Waals surface area contributed by atoms with Gasteiger partial charge in [0.15, 0.2) is 0 Å². The summed E-state index contributed by atoms with van der Waals surface area (Å²) in [7, 11) is 0. The number of carbonyl (C=O) groups is 2. The van der Waals surface area contributed by atoms with Crippen molar-refractivity contribution in [2.45, 2.75) is 36.9 Å². The minimum Gasteiger partial charge on any atom is -0.370 e. The van der Waals surface area contributed by atoms with E-state index in [0.29, 0.717) is 43.1 Å². The molecule has 6 nitrogen and oxygen atoms in total. The maximum atomic E-state index is 12.8. The molecular weight excluding hydrogens is 402 g/mol. The van der Waals surface area contributed by atoms with E-state index in [1.54, 1.807) is 0 Å². The molecule has 3 heterocycles. The molecule has 2 aromatic carbocycles. The number of ether oxygens (including phenoxy) is 1. The Morgan fingerprint density at radius 1 is 1.07 bits per heavy atom. The number of nitrogens with zero attached hydrogens (tertiary/aromatic N) is 1. The van der Waals surface area contributed by atoms with Crippen LogP contribution >= 0.6 is 11.6 Å². The van der Waals surface area contributed by atoms with Gasteiger partial charge in [0.05, 0.1) is 24.2 Å². The number of para-hydroxylation sites is 1. The van der Waals surface area contributed by atoms with E-state index in [2.05, 4.69) is 10.6 Å². The molecule has 2 amide bonds. The summed E-state index contributed by atoms with van der Waals surface area (Å²) in [6, 6.07) is 15.0. The number of benzene rings is 2. The molecule has 1 unspecified atom stereocenters. The first-order valence-corrected chi connectivity index (χ1v) is 10.7. The van der Waals surface area contributed by atoms with Crippen LogP contribution in [0, 0.1) is 0 Å². The van der Waals surface area contributed by atoms with Crippen LogP contribution < -0.4 is 10.6 Å². The standard InChI is InChI=1S/C23H24ClN3O3/c24-18-7-3-1-5-16(18)13-20(28)27-11-9-22(10-12-27)14-23(15-30-22)25-19-8-4-2-6-17(19)21(29)26-23/h1-8,25H,9-15H2,(H,26,29). The lowest BCUT2D eigenvalue weighted by molar-refractivity contribution is -0.135. The first-order valence-electron chi connectivity index (χ1n) is 10.3. The second-order valence-electron chi connectivity index (χ2n) is 8.50. The van der Waals surface area contributed by atoms with Crippen LogP contribution in [0.2, 0.25) is 5.02 Å². The number of piperidine rings is 1. The predicted octanol–water partition coefficient (Wildman–Crippen LogP) is 3.22. The first-order chi connectivity index (χ1) is 14.5. The van der Waals surface area contributed by atoms with Gasteiger partial charge in [-0.25, -0.2) is 0 Å². The van der Waals surface area contributed by atoms with E-state index >= 15 is 0 Å². The lowest BCUT2D eigenvalue weighted by atomic mass is 9.84. The molecule has 2 spiro atoms. The number of likely N-dealkylation sites (tertiary alicyclic amines) is 1. The van der Waals surface area contributed by atoms with Gasteiger partial charge in [0, 0.05) is 30.2 Å². The molecule has 156 valence electrons. The Bertz CT molecular complexity index is 1000. The van der Waals surface area contributed by atoms with Crippen LogP contribution in [0.15, 0.2) is 48.5 Å². The minimum atomic E-state index is -0.588. The highest BCUT2D eigenvalue weighted by atomic mass is 35.5. The van der Waals surface area contributed by atoms with Crippen molar-refractivity contribution < 1.29 is 14.3 Å². The fraction of sp³-hybridized carbons (Fsp3) is 0.391. The van der Waals surface area contributed by atoms with Gasteiger partial charge < -0.3 is 20.3 Å². The molecular formula is C23H24ClN3O3. The smallest absolute Gasteiger partial charge is 0.255 e. The lowest BCUT2D eigenvalue weighted by Crippen LogP contribution is -2.59. The Kier molecular flexibility index (Phi) is 4.71. The molecule has 2 saturated heterocycles. The average Bonchev–Trinajstić information content (AvgIpc) is 3.07. The summed E-state index contributed by atoms with van der Waals surface area (Å²) in [5.74, 6) is 0.0148. The van der Waals surface area contributed by atoms with Gasteiger partial charge in [-0.15, -0.1) is 0 Å². The molecule has 30 heavy (non-hydrogen) atoms. The molecule has 2 N–H and O–H groups in total. The van der Waals surface area contributed by atoms with Gasteiger partial charge in [0.2, 0.25) is 5.91 Å². The third kappa shape index (κ3) is 3.44. The second-order valence-corrected chi connectivity index (χ2v) is 8.91. The van der Waals surface area contributed by atoms with Crippen LogP contribution in [-0.4, -0.2) is 47.7 Å². The van der Waals surface area contributed by atoms with E-state index in [4.69, 9.17) is 16.3 Å². The number of fused-ring (bicyclic) bond motifs is 1. The van der Waals surface area contributed by atoms with Crippen molar-refractivity contribution in [3.05, 3.63) is 64.7 Å². The fourth-order valence-corrected chi connectivity index (χ4v) is 5.06. The molecule has 0 bridgehead atoms. The molecule has 0 aliphatic carbocycles. The van der Waals surface area contributed by atoms with Gasteiger partial charge in [-0.1, -0.05) is 41.9 Å². The summed E-state index contributed by atoms with van der Waals surface area (Å²) in [5.41, 5.74) is 1.44. The zero-order valence-corrected chi connectivity index (χ0v) is 17.4. The lowest BCUT2D eigenvalue weighted by Gasteiger charge is -2.41. The second kappa shape index (κ2) is 7.29. The van der Waals surface area contributed by atoms with Crippen molar-refractivity contribution >= 4 is 29.1 Å². The first kappa shape index (κ1) is 19.4. The molecule has 0 radical (unpaired) electrons. The van der Waals surface area contributed by atoms with Crippen molar-refractivity contribution in [3.63, 3.8) is 0 Å². The number of amides is 2. The average molecular weight is 426 g/mol. The summed E-state index contributed by atoms with van der Waals surface area (Å²) < 4.78 is 6.27. The molecule has 0 aromatic heterocycles. The Balaban J connectivity index is 1.23. The van der Waals surface area contributed by atoms with E-state index < -0.39 is 5.66 Å². The van der Waals surface area contributed by atoms with Gasteiger partial charge in [0.1, 0.15) is 5.66 Å². The molecule has 0 saturated carbocycles. The third-order valence-corrected chi connectivity index (χ3v) is 6.84. The quantitative estimate of drug-likeness (QED) is 0.775. The van der Waals surface area contributed by atoms with Crippen LogP contribution in [0.5, 0.6) is 0 Å². The van der Waals surface area contributed by atoms with Crippen LogP contribution in [0.1, 0.15) is 35.2 Å². The van der Waals surface area contributed by atoms with Crippen molar-refractivity contribution in [1.82, 2.24) is 10.2 Å². The number of hydrogen-bond donors (Lipinski definition) is 2. The van der Waals surface area contributed by atoms with Gasteiger partial charge in [-0.05, 0) is 36.6 Å². The third-order valence-electron chi connectivity index (χ3n) is 6.47. The van der Waals surface area contributed by atoms with E-state index in [1.807, 2.05) is 53.4 Å². The Morgan fingerprint density at radius 2 is 1.80 bits per heavy atom.